The van der Waals surface area contributed by atoms with Crippen molar-refractivity contribution in [3.8, 4) is 0 Å². The maximum absolute atomic E-state index is 10.8. The van der Waals surface area contributed by atoms with E-state index in [1.807, 2.05) is 25.9 Å². The van der Waals surface area contributed by atoms with Crippen LogP contribution in [0.25, 0.3) is 0 Å². The topological polar surface area (TPSA) is 83.3 Å². The quantitative estimate of drug-likeness (QED) is 0.564. The third-order valence-electron chi connectivity index (χ3n) is 2.24. The van der Waals surface area contributed by atoms with Gasteiger partial charge in [-0.15, -0.1) is 0 Å². The summed E-state index contributed by atoms with van der Waals surface area (Å²) < 4.78 is 0. The van der Waals surface area contributed by atoms with E-state index >= 15 is 0 Å². The fourth-order valence-electron chi connectivity index (χ4n) is 1.39. The van der Waals surface area contributed by atoms with Crippen molar-refractivity contribution in [1.29, 1.82) is 0 Å². The molecule has 100 valence electrons. The largest absolute Gasteiger partial charge is 0.370 e. The van der Waals surface area contributed by atoms with Crippen molar-refractivity contribution < 1.29 is 4.92 Å². The van der Waals surface area contributed by atoms with E-state index < -0.39 is 4.92 Å². The number of nitrogens with one attached hydrogen (secondary N) is 2. The van der Waals surface area contributed by atoms with Crippen molar-refractivity contribution in [2.45, 2.75) is 6.92 Å². The Bertz CT molecular complexity index is 408. The van der Waals surface area contributed by atoms with Gasteiger partial charge >= 0.3 is 0 Å². The zero-order valence-corrected chi connectivity index (χ0v) is 10.9. The zero-order valence-electron chi connectivity index (χ0n) is 10.9. The van der Waals surface area contributed by atoms with Crippen LogP contribution in [0, 0.1) is 10.1 Å². The van der Waals surface area contributed by atoms with E-state index in [-0.39, 0.29) is 5.69 Å². The van der Waals surface area contributed by atoms with Crippen LogP contribution in [0.1, 0.15) is 6.92 Å². The molecule has 1 aromatic heterocycles. The third-order valence-corrected chi connectivity index (χ3v) is 2.24. The van der Waals surface area contributed by atoms with E-state index in [9.17, 15) is 10.1 Å². The lowest BCUT2D eigenvalue weighted by Crippen LogP contribution is -2.21. The van der Waals surface area contributed by atoms with Gasteiger partial charge in [0, 0.05) is 19.6 Å². The molecular weight excluding hydrogens is 234 g/mol. The molecule has 1 aromatic rings. The van der Waals surface area contributed by atoms with Crippen molar-refractivity contribution in [3.05, 3.63) is 22.2 Å². The number of pyridine rings is 1. The number of nitrogens with zero attached hydrogens (tertiary/aromatic N) is 3. The van der Waals surface area contributed by atoms with Crippen LogP contribution in [-0.4, -0.2) is 48.5 Å². The Balaban J connectivity index is 2.79. The zero-order chi connectivity index (χ0) is 13.5. The van der Waals surface area contributed by atoms with Crippen LogP contribution in [0.2, 0.25) is 0 Å². The molecule has 0 aliphatic carbocycles. The maximum Gasteiger partial charge on any atom is 0.276 e. The van der Waals surface area contributed by atoms with E-state index in [4.69, 9.17) is 0 Å². The summed E-state index contributed by atoms with van der Waals surface area (Å²) in [5, 5.41) is 16.9. The molecule has 0 bridgehead atoms. The van der Waals surface area contributed by atoms with E-state index in [1.54, 1.807) is 0 Å². The lowest BCUT2D eigenvalue weighted by atomic mass is 10.3. The second-order valence-corrected chi connectivity index (χ2v) is 4.11. The molecule has 0 aromatic carbocycles. The molecule has 0 amide bonds. The number of likely N-dealkylation sites (N-methyl/N-ethyl adjacent to an activating group) is 1. The average Bonchev–Trinajstić information content (AvgIpc) is 2.28. The lowest BCUT2D eigenvalue weighted by molar-refractivity contribution is -0.384. The summed E-state index contributed by atoms with van der Waals surface area (Å²) in [6.45, 7) is 4.11. The van der Waals surface area contributed by atoms with Gasteiger partial charge < -0.3 is 15.5 Å². The summed E-state index contributed by atoms with van der Waals surface area (Å²) in [5.41, 5.74) is 0.0355. The van der Waals surface area contributed by atoms with Crippen molar-refractivity contribution in [3.63, 3.8) is 0 Å². The molecule has 0 unspecified atom stereocenters. The number of rotatable bonds is 7. The number of hydrogen-bond donors (Lipinski definition) is 2. The minimum atomic E-state index is -0.417. The van der Waals surface area contributed by atoms with Crippen LogP contribution in [0.3, 0.4) is 0 Å². The maximum atomic E-state index is 10.8. The van der Waals surface area contributed by atoms with Crippen LogP contribution in [-0.2, 0) is 0 Å². The summed E-state index contributed by atoms with van der Waals surface area (Å²) in [5.74, 6) is 1.03. The van der Waals surface area contributed by atoms with Crippen LogP contribution < -0.4 is 10.6 Å². The van der Waals surface area contributed by atoms with Gasteiger partial charge in [0.1, 0.15) is 11.6 Å². The van der Waals surface area contributed by atoms with Gasteiger partial charge in [0.2, 0.25) is 0 Å². The first-order valence-electron chi connectivity index (χ1n) is 5.82. The molecule has 7 heteroatoms. The highest BCUT2D eigenvalue weighted by Crippen LogP contribution is 2.20. The van der Waals surface area contributed by atoms with E-state index in [0.717, 1.165) is 6.54 Å². The van der Waals surface area contributed by atoms with Gasteiger partial charge in [0.15, 0.2) is 0 Å². The standard InChI is InChI=1S/C11H19N5O2/c1-4-12-10-7-9(16(17)18)8-11(14-10)13-5-6-15(2)3/h7-8H,4-6H2,1-3H3,(H2,12,13,14). The monoisotopic (exact) mass is 253 g/mol. The molecule has 0 aliphatic heterocycles. The fraction of sp³-hybridized carbons (Fsp3) is 0.545. The molecule has 0 atom stereocenters. The van der Waals surface area contributed by atoms with Gasteiger partial charge in [-0.25, -0.2) is 4.98 Å². The molecule has 0 spiro atoms. The fourth-order valence-corrected chi connectivity index (χ4v) is 1.39. The van der Waals surface area contributed by atoms with Gasteiger partial charge in [-0.2, -0.15) is 0 Å². The Labute approximate surface area is 106 Å². The Morgan fingerprint density at radius 2 is 1.94 bits per heavy atom. The summed E-state index contributed by atoms with van der Waals surface area (Å²) in [7, 11) is 3.93. The number of nitro groups is 1. The summed E-state index contributed by atoms with van der Waals surface area (Å²) in [6, 6.07) is 2.87. The smallest absolute Gasteiger partial charge is 0.276 e. The van der Waals surface area contributed by atoms with Crippen LogP contribution >= 0.6 is 0 Å². The highest BCUT2D eigenvalue weighted by atomic mass is 16.6. The molecule has 18 heavy (non-hydrogen) atoms. The van der Waals surface area contributed by atoms with Crippen LogP contribution in [0.5, 0.6) is 0 Å². The van der Waals surface area contributed by atoms with Crippen molar-refractivity contribution in [2.75, 3.05) is 44.4 Å². The summed E-state index contributed by atoms with van der Waals surface area (Å²) in [4.78, 5) is 16.7. The Hall–Kier alpha value is -1.89. The normalized spacial score (nSPS) is 10.4. The highest BCUT2D eigenvalue weighted by Gasteiger charge is 2.10. The molecule has 0 saturated heterocycles. The second-order valence-electron chi connectivity index (χ2n) is 4.11. The second kappa shape index (κ2) is 6.75. The molecule has 2 N–H and O–H groups in total. The van der Waals surface area contributed by atoms with Gasteiger partial charge in [-0.3, -0.25) is 10.1 Å². The van der Waals surface area contributed by atoms with Crippen LogP contribution in [0.15, 0.2) is 12.1 Å². The van der Waals surface area contributed by atoms with Crippen molar-refractivity contribution in [1.82, 2.24) is 9.88 Å². The first-order chi connectivity index (χ1) is 8.52. The average molecular weight is 253 g/mol. The molecule has 1 heterocycles. The molecule has 0 fully saturated rings. The van der Waals surface area contributed by atoms with Gasteiger partial charge in [-0.1, -0.05) is 0 Å². The predicted molar refractivity (Wildman–Crippen MR) is 72.1 cm³/mol. The Morgan fingerprint density at radius 3 is 2.44 bits per heavy atom. The highest BCUT2D eigenvalue weighted by molar-refractivity contribution is 5.54. The number of aromatic nitrogens is 1. The Morgan fingerprint density at radius 1 is 1.33 bits per heavy atom. The van der Waals surface area contributed by atoms with E-state index in [1.165, 1.54) is 12.1 Å². The van der Waals surface area contributed by atoms with E-state index in [2.05, 4.69) is 15.6 Å². The molecule has 0 aliphatic rings. The van der Waals surface area contributed by atoms with Gasteiger partial charge in [-0.05, 0) is 21.0 Å². The van der Waals surface area contributed by atoms with Crippen LogP contribution in [0.4, 0.5) is 17.3 Å². The molecular formula is C11H19N5O2. The minimum absolute atomic E-state index is 0.0355. The number of anilines is 2. The minimum Gasteiger partial charge on any atom is -0.370 e. The summed E-state index contributed by atoms with van der Waals surface area (Å²) in [6.07, 6.45) is 0. The van der Waals surface area contributed by atoms with E-state index in [0.29, 0.717) is 24.7 Å². The molecule has 0 saturated carbocycles. The first-order valence-corrected chi connectivity index (χ1v) is 5.82. The SMILES string of the molecule is CCNc1cc([N+](=O)[O-])cc(NCCN(C)C)n1. The van der Waals surface area contributed by atoms with Crippen molar-refractivity contribution in [2.24, 2.45) is 0 Å². The molecule has 1 rings (SSSR count). The molecule has 0 radical (unpaired) electrons. The number of hydrogen-bond acceptors (Lipinski definition) is 6. The summed E-state index contributed by atoms with van der Waals surface area (Å²) >= 11 is 0. The Kier molecular flexibility index (Phi) is 5.31. The lowest BCUT2D eigenvalue weighted by Gasteiger charge is -2.11. The van der Waals surface area contributed by atoms with Gasteiger partial charge in [0.05, 0.1) is 17.1 Å². The first kappa shape index (κ1) is 14.2. The van der Waals surface area contributed by atoms with Gasteiger partial charge in [0.25, 0.3) is 5.69 Å². The predicted octanol–water partition coefficient (Wildman–Crippen LogP) is 1.40. The van der Waals surface area contributed by atoms with Crippen molar-refractivity contribution >= 4 is 17.3 Å². The third kappa shape index (κ3) is 4.54. The molecule has 7 nitrogen and oxygen atoms in total.